The number of benzene rings is 1. The van der Waals surface area contributed by atoms with Crippen LogP contribution in [0.4, 0.5) is 4.39 Å². The lowest BCUT2D eigenvalue weighted by atomic mass is 10.1. The minimum absolute atomic E-state index is 0.206. The highest BCUT2D eigenvalue weighted by Crippen LogP contribution is 2.22. The Hall–Kier alpha value is -0.810. The molecule has 0 fully saturated rings. The minimum atomic E-state index is -0.206. The highest BCUT2D eigenvalue weighted by atomic mass is 79.9. The summed E-state index contributed by atoms with van der Waals surface area (Å²) in [5.74, 6) is 0.424. The normalized spacial score (nSPS) is 10.5. The van der Waals surface area contributed by atoms with Gasteiger partial charge in [0.15, 0.2) is 9.74 Å². The second kappa shape index (κ2) is 3.74. The molecule has 1 heterocycles. The summed E-state index contributed by atoms with van der Waals surface area (Å²) < 4.78 is 17.8. The van der Waals surface area contributed by atoms with Crippen molar-refractivity contribution in [2.24, 2.45) is 0 Å². The smallest absolute Gasteiger partial charge is 0.179 e. The maximum atomic E-state index is 13.0. The summed E-state index contributed by atoms with van der Waals surface area (Å²) in [6.45, 7) is 1.72. The topological polar surface area (TPSA) is 25.8 Å². The van der Waals surface area contributed by atoms with Gasteiger partial charge in [0.2, 0.25) is 0 Å². The largest absolute Gasteiger partial charge is 0.208 e. The van der Waals surface area contributed by atoms with Crippen LogP contribution in [0.15, 0.2) is 22.1 Å². The fourth-order valence-electron chi connectivity index (χ4n) is 1.11. The highest BCUT2D eigenvalue weighted by molar-refractivity contribution is 9.11. The molecule has 0 amide bonds. The Kier molecular flexibility index (Phi) is 2.60. The molecule has 14 heavy (non-hydrogen) atoms. The van der Waals surface area contributed by atoms with Crippen LogP contribution in [0, 0.1) is 12.7 Å². The minimum Gasteiger partial charge on any atom is -0.208 e. The molecular weight excluding hydrogens is 267 g/mol. The van der Waals surface area contributed by atoms with E-state index < -0.39 is 0 Å². The Morgan fingerprint density at radius 1 is 1.43 bits per heavy atom. The Morgan fingerprint density at radius 3 is 2.79 bits per heavy atom. The Bertz CT molecular complexity index is 470. The third-order valence-electron chi connectivity index (χ3n) is 1.82. The first-order chi connectivity index (χ1) is 6.66. The molecule has 0 spiro atoms. The van der Waals surface area contributed by atoms with Gasteiger partial charge in [0.25, 0.3) is 0 Å². The molecule has 0 aliphatic rings. The summed E-state index contributed by atoms with van der Waals surface area (Å²) in [7, 11) is 0. The van der Waals surface area contributed by atoms with Gasteiger partial charge >= 0.3 is 0 Å². The van der Waals surface area contributed by atoms with Gasteiger partial charge in [-0.25, -0.2) is 9.37 Å². The van der Waals surface area contributed by atoms with Gasteiger partial charge in [0.05, 0.1) is 0 Å². The third kappa shape index (κ3) is 1.83. The van der Waals surface area contributed by atoms with E-state index in [9.17, 15) is 4.39 Å². The lowest BCUT2D eigenvalue weighted by molar-refractivity contribution is 0.618. The van der Waals surface area contributed by atoms with E-state index in [1.807, 2.05) is 0 Å². The standard InChI is InChI=1S/C9H6BrFN2S/c1-5-4-6(2-3-7(5)11)8-12-9(10)14-13-8/h2-4H,1H3. The molecule has 0 N–H and O–H groups in total. The predicted molar refractivity (Wildman–Crippen MR) is 57.7 cm³/mol. The van der Waals surface area contributed by atoms with Crippen molar-refractivity contribution < 1.29 is 4.39 Å². The van der Waals surface area contributed by atoms with E-state index in [-0.39, 0.29) is 5.82 Å². The van der Waals surface area contributed by atoms with Crippen LogP contribution in [0.5, 0.6) is 0 Å². The molecule has 0 atom stereocenters. The molecule has 1 aromatic carbocycles. The molecular formula is C9H6BrFN2S. The number of halogens is 2. The van der Waals surface area contributed by atoms with Gasteiger partial charge in [-0.05, 0) is 58.1 Å². The number of hydrogen-bond donors (Lipinski definition) is 0. The van der Waals surface area contributed by atoms with Gasteiger partial charge in [0, 0.05) is 5.56 Å². The monoisotopic (exact) mass is 272 g/mol. The summed E-state index contributed by atoms with van der Waals surface area (Å²) in [6.07, 6.45) is 0. The SMILES string of the molecule is Cc1cc(-c2nsc(Br)n2)ccc1F. The predicted octanol–water partition coefficient (Wildman–Crippen LogP) is 3.42. The molecule has 72 valence electrons. The summed E-state index contributed by atoms with van der Waals surface area (Å²) in [5.41, 5.74) is 1.44. The molecule has 5 heteroatoms. The number of nitrogens with zero attached hydrogens (tertiary/aromatic N) is 2. The van der Waals surface area contributed by atoms with Crippen molar-refractivity contribution in [2.45, 2.75) is 6.92 Å². The lowest BCUT2D eigenvalue weighted by Gasteiger charge is -1.98. The van der Waals surface area contributed by atoms with Crippen LogP contribution in [0.2, 0.25) is 0 Å². The zero-order valence-corrected chi connectivity index (χ0v) is 9.69. The first kappa shape index (κ1) is 9.73. The average molecular weight is 273 g/mol. The molecule has 2 aromatic rings. The van der Waals surface area contributed by atoms with E-state index in [1.54, 1.807) is 19.1 Å². The maximum absolute atomic E-state index is 13.0. The fourth-order valence-corrected chi connectivity index (χ4v) is 1.93. The van der Waals surface area contributed by atoms with Crippen LogP contribution in [0.3, 0.4) is 0 Å². The zero-order chi connectivity index (χ0) is 10.1. The molecule has 0 saturated heterocycles. The van der Waals surface area contributed by atoms with Crippen molar-refractivity contribution in [2.75, 3.05) is 0 Å². The Balaban J connectivity index is 2.47. The van der Waals surface area contributed by atoms with Crippen molar-refractivity contribution in [1.29, 1.82) is 0 Å². The van der Waals surface area contributed by atoms with Crippen LogP contribution in [-0.2, 0) is 0 Å². The first-order valence-corrected chi connectivity index (χ1v) is 5.49. The number of aryl methyl sites for hydroxylation is 1. The summed E-state index contributed by atoms with van der Waals surface area (Å²) in [6, 6.07) is 4.85. The van der Waals surface area contributed by atoms with Crippen molar-refractivity contribution in [3.8, 4) is 11.4 Å². The number of hydrogen-bond acceptors (Lipinski definition) is 3. The Labute approximate surface area is 93.1 Å². The molecule has 0 aliphatic heterocycles. The van der Waals surface area contributed by atoms with Crippen molar-refractivity contribution in [3.05, 3.63) is 33.5 Å². The second-order valence-electron chi connectivity index (χ2n) is 2.83. The highest BCUT2D eigenvalue weighted by Gasteiger charge is 2.06. The van der Waals surface area contributed by atoms with Crippen LogP contribution in [0.25, 0.3) is 11.4 Å². The molecule has 0 bridgehead atoms. The van der Waals surface area contributed by atoms with Crippen molar-refractivity contribution in [1.82, 2.24) is 9.36 Å². The average Bonchev–Trinajstić information content (AvgIpc) is 2.57. The molecule has 0 radical (unpaired) electrons. The van der Waals surface area contributed by atoms with Crippen LogP contribution in [0.1, 0.15) is 5.56 Å². The van der Waals surface area contributed by atoms with E-state index in [1.165, 1.54) is 17.6 Å². The molecule has 2 nitrogen and oxygen atoms in total. The summed E-state index contributed by atoms with van der Waals surface area (Å²) >= 11 is 4.50. The molecule has 2 rings (SSSR count). The van der Waals surface area contributed by atoms with Crippen LogP contribution >= 0.6 is 27.5 Å². The molecule has 0 saturated carbocycles. The Morgan fingerprint density at radius 2 is 2.21 bits per heavy atom. The van der Waals surface area contributed by atoms with E-state index in [0.29, 0.717) is 11.4 Å². The van der Waals surface area contributed by atoms with Crippen LogP contribution < -0.4 is 0 Å². The van der Waals surface area contributed by atoms with Crippen molar-refractivity contribution in [3.63, 3.8) is 0 Å². The zero-order valence-electron chi connectivity index (χ0n) is 7.29. The van der Waals surface area contributed by atoms with Gasteiger partial charge in [-0.1, -0.05) is 0 Å². The molecule has 1 aromatic heterocycles. The van der Waals surface area contributed by atoms with E-state index >= 15 is 0 Å². The quantitative estimate of drug-likeness (QED) is 0.795. The van der Waals surface area contributed by atoms with Crippen molar-refractivity contribution >= 4 is 27.5 Å². The number of aromatic nitrogens is 2. The number of rotatable bonds is 1. The third-order valence-corrected chi connectivity index (χ3v) is 2.94. The lowest BCUT2D eigenvalue weighted by Crippen LogP contribution is -1.85. The van der Waals surface area contributed by atoms with E-state index in [2.05, 4.69) is 25.3 Å². The first-order valence-electron chi connectivity index (χ1n) is 3.92. The summed E-state index contributed by atoms with van der Waals surface area (Å²) in [4.78, 5) is 4.15. The van der Waals surface area contributed by atoms with Gasteiger partial charge in [-0.3, -0.25) is 0 Å². The summed E-state index contributed by atoms with van der Waals surface area (Å²) in [5, 5.41) is 0. The van der Waals surface area contributed by atoms with Gasteiger partial charge in [-0.15, -0.1) is 0 Å². The second-order valence-corrected chi connectivity index (χ2v) is 4.86. The fraction of sp³-hybridized carbons (Fsp3) is 0.111. The van der Waals surface area contributed by atoms with E-state index in [0.717, 1.165) is 9.48 Å². The maximum Gasteiger partial charge on any atom is 0.179 e. The van der Waals surface area contributed by atoms with E-state index in [4.69, 9.17) is 0 Å². The van der Waals surface area contributed by atoms with Gasteiger partial charge in [0.1, 0.15) is 5.82 Å². The van der Waals surface area contributed by atoms with Crippen LogP contribution in [-0.4, -0.2) is 9.36 Å². The van der Waals surface area contributed by atoms with Gasteiger partial charge in [-0.2, -0.15) is 4.37 Å². The molecule has 0 unspecified atom stereocenters. The molecule has 0 aliphatic carbocycles. The van der Waals surface area contributed by atoms with Gasteiger partial charge < -0.3 is 0 Å².